The number of amides is 1. The molecular weight excluding hydrogens is 330 g/mol. The first-order valence-corrected chi connectivity index (χ1v) is 8.55. The van der Waals surface area contributed by atoms with Crippen LogP contribution in [0.15, 0.2) is 48.9 Å². The smallest absolute Gasteiger partial charge is 0.254 e. The molecule has 8 nitrogen and oxygen atoms in total. The zero-order valence-corrected chi connectivity index (χ0v) is 14.5. The Labute approximate surface area is 150 Å². The highest BCUT2D eigenvalue weighted by Crippen LogP contribution is 2.20. The molecule has 0 atom stereocenters. The lowest BCUT2D eigenvalue weighted by Crippen LogP contribution is -2.48. The quantitative estimate of drug-likeness (QED) is 0.665. The molecule has 4 heterocycles. The van der Waals surface area contributed by atoms with Gasteiger partial charge in [0.25, 0.3) is 5.78 Å². The van der Waals surface area contributed by atoms with Crippen molar-refractivity contribution in [3.63, 3.8) is 0 Å². The molecule has 8 heteroatoms. The van der Waals surface area contributed by atoms with Gasteiger partial charge in [0.15, 0.2) is 0 Å². The van der Waals surface area contributed by atoms with Crippen molar-refractivity contribution in [1.82, 2.24) is 29.5 Å². The summed E-state index contributed by atoms with van der Waals surface area (Å²) in [6.45, 7) is 4.55. The summed E-state index contributed by atoms with van der Waals surface area (Å²) in [5, 5.41) is 4.64. The van der Waals surface area contributed by atoms with Crippen LogP contribution in [0.4, 0.5) is 5.95 Å². The molecule has 26 heavy (non-hydrogen) atoms. The van der Waals surface area contributed by atoms with Crippen molar-refractivity contribution in [2.45, 2.75) is 6.92 Å². The Balaban J connectivity index is 1.58. The predicted octanol–water partition coefficient (Wildman–Crippen LogP) is 1.41. The fourth-order valence-electron chi connectivity index (χ4n) is 3.03. The van der Waals surface area contributed by atoms with Crippen molar-refractivity contribution >= 4 is 17.6 Å². The molecule has 0 spiro atoms. The second kappa shape index (κ2) is 6.91. The molecule has 1 amide bonds. The third kappa shape index (κ3) is 3.01. The maximum Gasteiger partial charge on any atom is 0.254 e. The number of hydrogen-bond donors (Lipinski definition) is 0. The zero-order chi connectivity index (χ0) is 17.9. The normalized spacial score (nSPS) is 15.1. The average molecular weight is 349 g/mol. The maximum atomic E-state index is 12.0. The monoisotopic (exact) mass is 349 g/mol. The lowest BCUT2D eigenvalue weighted by molar-refractivity contribution is -0.126. The number of carbonyl (C=O) groups excluding carboxylic acids is 1. The second-order valence-corrected chi connectivity index (χ2v) is 6.01. The molecule has 0 aliphatic carbocycles. The highest BCUT2D eigenvalue weighted by Gasteiger charge is 2.23. The molecule has 1 saturated heterocycles. The van der Waals surface area contributed by atoms with Crippen LogP contribution in [0.1, 0.15) is 6.92 Å². The molecule has 3 aromatic rings. The van der Waals surface area contributed by atoms with Gasteiger partial charge < -0.3 is 9.80 Å². The largest absolute Gasteiger partial charge is 0.336 e. The van der Waals surface area contributed by atoms with Gasteiger partial charge in [0.2, 0.25) is 11.9 Å². The van der Waals surface area contributed by atoms with Gasteiger partial charge in [0.05, 0.1) is 5.69 Å². The van der Waals surface area contributed by atoms with Gasteiger partial charge >= 0.3 is 0 Å². The molecule has 0 unspecified atom stereocenters. The highest BCUT2D eigenvalue weighted by atomic mass is 16.2. The summed E-state index contributed by atoms with van der Waals surface area (Å²) in [7, 11) is 0. The first-order valence-electron chi connectivity index (χ1n) is 8.55. The van der Waals surface area contributed by atoms with E-state index >= 15 is 0 Å². The third-order valence-electron chi connectivity index (χ3n) is 4.37. The van der Waals surface area contributed by atoms with E-state index < -0.39 is 0 Å². The van der Waals surface area contributed by atoms with Crippen molar-refractivity contribution in [2.24, 2.45) is 0 Å². The Morgan fingerprint density at radius 2 is 2.00 bits per heavy atom. The van der Waals surface area contributed by atoms with Crippen molar-refractivity contribution < 1.29 is 4.79 Å². The molecule has 4 rings (SSSR count). The molecular formula is C18H19N7O. The fourth-order valence-corrected chi connectivity index (χ4v) is 3.03. The summed E-state index contributed by atoms with van der Waals surface area (Å²) >= 11 is 0. The Morgan fingerprint density at radius 1 is 1.15 bits per heavy atom. The van der Waals surface area contributed by atoms with E-state index in [1.165, 1.54) is 0 Å². The molecule has 1 aliphatic rings. The standard InChI is InChI=1S/C18H19N7O/c1-2-4-16(26)23-9-11-24(12-10-23)18-21-17-20-8-6-15(25(17)22-18)14-5-3-7-19-13-14/h2-8,13H,9-12H2,1H3/b4-2+. The summed E-state index contributed by atoms with van der Waals surface area (Å²) in [5.74, 6) is 1.23. The lowest BCUT2D eigenvalue weighted by atomic mass is 10.2. The molecule has 0 radical (unpaired) electrons. The summed E-state index contributed by atoms with van der Waals surface area (Å²) in [5.41, 5.74) is 1.85. The predicted molar refractivity (Wildman–Crippen MR) is 97.6 cm³/mol. The van der Waals surface area contributed by atoms with E-state index in [9.17, 15) is 4.79 Å². The number of aromatic nitrogens is 5. The van der Waals surface area contributed by atoms with E-state index in [1.807, 2.05) is 30.0 Å². The van der Waals surface area contributed by atoms with Crippen LogP contribution >= 0.6 is 0 Å². The molecule has 0 bridgehead atoms. The molecule has 132 valence electrons. The van der Waals surface area contributed by atoms with Gasteiger partial charge in [-0.3, -0.25) is 9.78 Å². The van der Waals surface area contributed by atoms with Gasteiger partial charge in [0.1, 0.15) is 0 Å². The Hall–Kier alpha value is -3.29. The molecule has 0 saturated carbocycles. The minimum atomic E-state index is 0.0515. The van der Waals surface area contributed by atoms with Crippen LogP contribution < -0.4 is 4.90 Å². The van der Waals surface area contributed by atoms with E-state index in [0.29, 0.717) is 37.9 Å². The van der Waals surface area contributed by atoms with Crippen LogP contribution in [0.3, 0.4) is 0 Å². The van der Waals surface area contributed by atoms with Gasteiger partial charge in [-0.25, -0.2) is 4.98 Å². The van der Waals surface area contributed by atoms with Crippen LogP contribution in [0, 0.1) is 0 Å². The van der Waals surface area contributed by atoms with Gasteiger partial charge in [-0.2, -0.15) is 9.50 Å². The van der Waals surface area contributed by atoms with E-state index in [0.717, 1.165) is 11.3 Å². The number of fused-ring (bicyclic) bond motifs is 1. The first-order chi connectivity index (χ1) is 12.8. The Morgan fingerprint density at radius 3 is 2.73 bits per heavy atom. The van der Waals surface area contributed by atoms with E-state index in [4.69, 9.17) is 0 Å². The Bertz CT molecular complexity index is 943. The Kier molecular flexibility index (Phi) is 4.30. The fraction of sp³-hybridized carbons (Fsp3) is 0.278. The summed E-state index contributed by atoms with van der Waals surface area (Å²) in [6, 6.07) is 5.77. The molecule has 1 aliphatic heterocycles. The summed E-state index contributed by atoms with van der Waals surface area (Å²) < 4.78 is 1.74. The summed E-state index contributed by atoms with van der Waals surface area (Å²) in [4.78, 5) is 28.9. The number of piperazine rings is 1. The average Bonchev–Trinajstić information content (AvgIpc) is 3.13. The second-order valence-electron chi connectivity index (χ2n) is 6.01. The van der Waals surface area contributed by atoms with Crippen molar-refractivity contribution in [2.75, 3.05) is 31.1 Å². The molecule has 1 fully saturated rings. The van der Waals surface area contributed by atoms with Crippen LogP contribution in [0.2, 0.25) is 0 Å². The number of rotatable bonds is 3. The minimum Gasteiger partial charge on any atom is -0.336 e. The lowest BCUT2D eigenvalue weighted by Gasteiger charge is -2.33. The summed E-state index contributed by atoms with van der Waals surface area (Å²) in [6.07, 6.45) is 8.63. The van der Waals surface area contributed by atoms with E-state index in [1.54, 1.807) is 35.3 Å². The number of hydrogen-bond acceptors (Lipinski definition) is 6. The van der Waals surface area contributed by atoms with Gasteiger partial charge in [0, 0.05) is 50.3 Å². The number of allylic oxidation sites excluding steroid dienone is 1. The van der Waals surface area contributed by atoms with Crippen molar-refractivity contribution in [3.8, 4) is 11.3 Å². The third-order valence-corrected chi connectivity index (χ3v) is 4.37. The number of anilines is 1. The zero-order valence-electron chi connectivity index (χ0n) is 14.5. The van der Waals surface area contributed by atoms with Gasteiger partial charge in [-0.15, -0.1) is 5.10 Å². The topological polar surface area (TPSA) is 79.5 Å². The number of pyridine rings is 1. The molecule has 0 aromatic carbocycles. The van der Waals surface area contributed by atoms with Gasteiger partial charge in [-0.1, -0.05) is 6.08 Å². The SMILES string of the molecule is C/C=C/C(=O)N1CCN(c2nc3nccc(-c4cccnc4)n3n2)CC1. The first kappa shape index (κ1) is 16.2. The van der Waals surface area contributed by atoms with Crippen LogP contribution in [-0.4, -0.2) is 61.6 Å². The highest BCUT2D eigenvalue weighted by molar-refractivity contribution is 5.87. The van der Waals surface area contributed by atoms with E-state index in [2.05, 4.69) is 25.0 Å². The molecule has 0 N–H and O–H groups in total. The van der Waals surface area contributed by atoms with Crippen LogP contribution in [0.25, 0.3) is 17.0 Å². The molecule has 3 aromatic heterocycles. The van der Waals surface area contributed by atoms with E-state index in [-0.39, 0.29) is 5.91 Å². The van der Waals surface area contributed by atoms with Gasteiger partial charge in [-0.05, 0) is 31.2 Å². The van der Waals surface area contributed by atoms with Crippen molar-refractivity contribution in [1.29, 1.82) is 0 Å². The maximum absolute atomic E-state index is 12.0. The number of nitrogens with zero attached hydrogens (tertiary/aromatic N) is 7. The minimum absolute atomic E-state index is 0.0515. The van der Waals surface area contributed by atoms with Crippen LogP contribution in [0.5, 0.6) is 0 Å². The van der Waals surface area contributed by atoms with Crippen LogP contribution in [-0.2, 0) is 4.79 Å². The van der Waals surface area contributed by atoms with Crippen molar-refractivity contribution in [3.05, 3.63) is 48.9 Å². The number of carbonyl (C=O) groups is 1.